The normalized spacial score (nSPS) is 20.3. The van der Waals surface area contributed by atoms with Crippen LogP contribution in [0.5, 0.6) is 0 Å². The molecule has 0 heterocycles. The minimum Gasteiger partial charge on any atom is -0.512 e. The molecule has 1 aromatic carbocycles. The maximum atomic E-state index is 13.2. The van der Waals surface area contributed by atoms with E-state index in [4.69, 9.17) is 5.11 Å². The zero-order valence-electron chi connectivity index (χ0n) is 24.0. The van der Waals surface area contributed by atoms with Crippen molar-refractivity contribution in [1.29, 1.82) is 0 Å². The van der Waals surface area contributed by atoms with Crippen molar-refractivity contribution in [1.82, 2.24) is 0 Å². The number of aryl methyl sites for hydroxylation is 2. The second-order valence-electron chi connectivity index (χ2n) is 12.3. The monoisotopic (exact) mass is 542 g/mol. The lowest BCUT2D eigenvalue weighted by atomic mass is 9.62. The van der Waals surface area contributed by atoms with Gasteiger partial charge in [0.15, 0.2) is 5.78 Å². The highest BCUT2D eigenvalue weighted by Crippen LogP contribution is 2.52. The van der Waals surface area contributed by atoms with Crippen LogP contribution in [-0.2, 0) is 16.0 Å². The number of carboxylic acids is 1. The van der Waals surface area contributed by atoms with Gasteiger partial charge in [0.1, 0.15) is 5.76 Å². The topological polar surface area (TPSA) is 74.6 Å². The lowest BCUT2D eigenvalue weighted by Crippen LogP contribution is -2.37. The van der Waals surface area contributed by atoms with Crippen molar-refractivity contribution >= 4 is 17.3 Å². The Hall–Kier alpha value is -2.76. The van der Waals surface area contributed by atoms with E-state index in [1.54, 1.807) is 0 Å². The molecular formula is C33H44F2O4. The molecule has 0 aromatic heterocycles. The number of carbonyl (C=O) groups excluding carboxylic acids is 1. The SMILES string of the molecule is C=C(CCCC(C)(F)F)c1ccc(CCC2C(=C3CC3)C(=C(O)CCCCC(=O)O)C(=O)CC2(C)C)cc1C. The Labute approximate surface area is 231 Å². The first kappa shape index (κ1) is 30.8. The number of unbranched alkanes of at least 4 members (excludes halogenated alkanes) is 1. The number of aliphatic hydroxyl groups is 1. The lowest BCUT2D eigenvalue weighted by molar-refractivity contribution is -0.137. The van der Waals surface area contributed by atoms with Crippen molar-refractivity contribution in [2.24, 2.45) is 11.3 Å². The molecule has 3 rings (SSSR count). The molecule has 0 bridgehead atoms. The van der Waals surface area contributed by atoms with Gasteiger partial charge in [-0.3, -0.25) is 9.59 Å². The Morgan fingerprint density at radius 2 is 1.77 bits per heavy atom. The third-order valence-corrected chi connectivity index (χ3v) is 8.17. The summed E-state index contributed by atoms with van der Waals surface area (Å²) in [4.78, 5) is 24.1. The standard InChI is InChI=1S/C33H44F2O4/c1-21(9-8-18-33(5,34)35)25-16-12-23(19-22(25)2)13-17-26-30(24-14-15-24)31(28(37)20-32(26,3)4)27(36)10-6-7-11-29(38)39/h12,16,19,26,36H,1,6-11,13-15,17-18,20H2,2-5H3,(H,38,39). The van der Waals surface area contributed by atoms with Crippen molar-refractivity contribution in [3.05, 3.63) is 63.9 Å². The number of halogens is 2. The third kappa shape index (κ3) is 8.61. The number of carboxylic acid groups (broad SMARTS) is 1. The molecule has 0 spiro atoms. The number of benzene rings is 1. The lowest BCUT2D eigenvalue weighted by Gasteiger charge is -2.41. The van der Waals surface area contributed by atoms with E-state index in [1.807, 2.05) is 13.0 Å². The average molecular weight is 543 g/mol. The zero-order chi connectivity index (χ0) is 29.0. The van der Waals surface area contributed by atoms with Crippen molar-refractivity contribution in [2.45, 2.75) is 111 Å². The van der Waals surface area contributed by atoms with E-state index in [1.165, 1.54) is 11.1 Å². The molecule has 1 aromatic rings. The highest BCUT2D eigenvalue weighted by molar-refractivity contribution is 6.02. The van der Waals surface area contributed by atoms with Gasteiger partial charge in [0.25, 0.3) is 0 Å². The maximum absolute atomic E-state index is 13.2. The predicted octanol–water partition coefficient (Wildman–Crippen LogP) is 8.93. The van der Waals surface area contributed by atoms with E-state index in [0.29, 0.717) is 44.1 Å². The van der Waals surface area contributed by atoms with Gasteiger partial charge in [-0.15, -0.1) is 0 Å². The zero-order valence-corrected chi connectivity index (χ0v) is 24.0. The van der Waals surface area contributed by atoms with Gasteiger partial charge in [-0.05, 0) is 104 Å². The Balaban J connectivity index is 1.74. The number of aliphatic carboxylic acids is 1. The molecule has 6 heteroatoms. The highest BCUT2D eigenvalue weighted by Gasteiger charge is 2.45. The Kier molecular flexibility index (Phi) is 9.95. The van der Waals surface area contributed by atoms with Gasteiger partial charge in [0.2, 0.25) is 5.92 Å². The van der Waals surface area contributed by atoms with Crippen molar-refractivity contribution in [3.8, 4) is 0 Å². The molecule has 4 nitrogen and oxygen atoms in total. The first-order chi connectivity index (χ1) is 18.2. The summed E-state index contributed by atoms with van der Waals surface area (Å²) in [6.45, 7) is 11.4. The summed E-state index contributed by atoms with van der Waals surface area (Å²) in [7, 11) is 0. The third-order valence-electron chi connectivity index (χ3n) is 8.17. The fraction of sp³-hybridized carbons (Fsp3) is 0.576. The highest BCUT2D eigenvalue weighted by atomic mass is 19.3. The van der Waals surface area contributed by atoms with Gasteiger partial charge in [-0.25, -0.2) is 8.78 Å². The molecule has 0 amide bonds. The van der Waals surface area contributed by atoms with E-state index in [2.05, 4.69) is 32.6 Å². The van der Waals surface area contributed by atoms with Gasteiger partial charge >= 0.3 is 5.97 Å². The fourth-order valence-corrected chi connectivity index (χ4v) is 5.98. The van der Waals surface area contributed by atoms with Crippen LogP contribution in [0.4, 0.5) is 8.78 Å². The number of allylic oxidation sites excluding steroid dienone is 5. The second kappa shape index (κ2) is 12.6. The molecule has 1 atom stereocenters. The number of alkyl halides is 2. The minimum absolute atomic E-state index is 0.0130. The fourth-order valence-electron chi connectivity index (χ4n) is 5.98. The molecule has 0 radical (unpaired) electrons. The molecule has 0 saturated heterocycles. The van der Waals surface area contributed by atoms with Crippen LogP contribution in [0.25, 0.3) is 5.57 Å². The van der Waals surface area contributed by atoms with Crippen LogP contribution in [0, 0.1) is 18.3 Å². The number of hydrogen-bond donors (Lipinski definition) is 2. The van der Waals surface area contributed by atoms with Crippen LogP contribution in [0.3, 0.4) is 0 Å². The molecule has 2 aliphatic rings. The molecule has 2 saturated carbocycles. The van der Waals surface area contributed by atoms with E-state index in [9.17, 15) is 23.5 Å². The molecular weight excluding hydrogens is 498 g/mol. The average Bonchev–Trinajstić information content (AvgIpc) is 3.64. The summed E-state index contributed by atoms with van der Waals surface area (Å²) in [6, 6.07) is 6.28. The van der Waals surface area contributed by atoms with Crippen LogP contribution < -0.4 is 0 Å². The predicted molar refractivity (Wildman–Crippen MR) is 152 cm³/mol. The van der Waals surface area contributed by atoms with Gasteiger partial charge in [-0.1, -0.05) is 44.2 Å². The summed E-state index contributed by atoms with van der Waals surface area (Å²) in [5.41, 5.74) is 6.70. The summed E-state index contributed by atoms with van der Waals surface area (Å²) < 4.78 is 26.4. The number of rotatable bonds is 13. The summed E-state index contributed by atoms with van der Waals surface area (Å²) in [6.07, 6.45) is 6.11. The van der Waals surface area contributed by atoms with Crippen LogP contribution in [-0.4, -0.2) is 27.9 Å². The van der Waals surface area contributed by atoms with Gasteiger partial charge in [0, 0.05) is 25.7 Å². The number of ketones is 1. The smallest absolute Gasteiger partial charge is 0.303 e. The molecule has 0 aliphatic heterocycles. The first-order valence-electron chi connectivity index (χ1n) is 14.2. The summed E-state index contributed by atoms with van der Waals surface area (Å²) in [5.74, 6) is -3.28. The van der Waals surface area contributed by atoms with Gasteiger partial charge < -0.3 is 10.2 Å². The van der Waals surface area contributed by atoms with Crippen molar-refractivity contribution in [3.63, 3.8) is 0 Å². The van der Waals surface area contributed by atoms with Crippen molar-refractivity contribution in [2.75, 3.05) is 0 Å². The Bertz CT molecular complexity index is 1160. The van der Waals surface area contributed by atoms with Crippen LogP contribution in [0.1, 0.15) is 108 Å². The minimum atomic E-state index is -2.66. The number of carbonyl (C=O) groups is 2. The van der Waals surface area contributed by atoms with Gasteiger partial charge in [-0.2, -0.15) is 0 Å². The molecule has 1 unspecified atom stereocenters. The second-order valence-corrected chi connectivity index (χ2v) is 12.3. The van der Waals surface area contributed by atoms with Gasteiger partial charge in [0.05, 0.1) is 5.57 Å². The Morgan fingerprint density at radius 1 is 1.10 bits per heavy atom. The number of aliphatic hydroxyl groups excluding tert-OH is 1. The summed E-state index contributed by atoms with van der Waals surface area (Å²) >= 11 is 0. The van der Waals surface area contributed by atoms with Crippen LogP contribution in [0.15, 0.2) is 47.3 Å². The quantitative estimate of drug-likeness (QED) is 0.148. The van der Waals surface area contributed by atoms with Crippen LogP contribution >= 0.6 is 0 Å². The molecule has 39 heavy (non-hydrogen) atoms. The molecule has 2 fully saturated rings. The van der Waals surface area contributed by atoms with Crippen LogP contribution in [0.2, 0.25) is 0 Å². The summed E-state index contributed by atoms with van der Waals surface area (Å²) in [5, 5.41) is 19.9. The van der Waals surface area contributed by atoms with E-state index >= 15 is 0 Å². The van der Waals surface area contributed by atoms with E-state index in [-0.39, 0.29) is 35.7 Å². The Morgan fingerprint density at radius 3 is 2.36 bits per heavy atom. The van der Waals surface area contributed by atoms with E-state index in [0.717, 1.165) is 54.9 Å². The largest absolute Gasteiger partial charge is 0.512 e. The maximum Gasteiger partial charge on any atom is 0.303 e. The number of Topliss-reactive ketones (excluding diaryl/α,β-unsaturated/α-hetero) is 1. The molecule has 214 valence electrons. The van der Waals surface area contributed by atoms with E-state index < -0.39 is 11.9 Å². The molecule has 2 aliphatic carbocycles. The molecule has 2 N–H and O–H groups in total. The van der Waals surface area contributed by atoms with Crippen molar-refractivity contribution < 1.29 is 28.6 Å². The first-order valence-corrected chi connectivity index (χ1v) is 14.2. The number of hydrogen-bond acceptors (Lipinski definition) is 3.